The lowest BCUT2D eigenvalue weighted by Gasteiger charge is -2.51. The molecule has 1 amide bonds. The van der Waals surface area contributed by atoms with Gasteiger partial charge in [0, 0.05) is 22.6 Å². The van der Waals surface area contributed by atoms with Crippen molar-refractivity contribution in [2.24, 2.45) is 23.2 Å². The summed E-state index contributed by atoms with van der Waals surface area (Å²) < 4.78 is 5.87. The minimum absolute atomic E-state index is 0.00267. The van der Waals surface area contributed by atoms with Crippen molar-refractivity contribution in [1.82, 2.24) is 9.88 Å². The molecule has 27 heavy (non-hydrogen) atoms. The molecule has 1 aliphatic heterocycles. The minimum atomic E-state index is -0.0408. The first-order valence-electron chi connectivity index (χ1n) is 9.84. The molecule has 0 radical (unpaired) electrons. The molecule has 0 spiro atoms. The van der Waals surface area contributed by atoms with E-state index >= 15 is 0 Å². The molecule has 2 aliphatic carbocycles. The lowest BCUT2D eigenvalue weighted by atomic mass is 9.54. The average molecular weight is 392 g/mol. The maximum absolute atomic E-state index is 12.2. The highest BCUT2D eigenvalue weighted by molar-refractivity contribution is 7.15. The van der Waals surface area contributed by atoms with E-state index < -0.39 is 0 Å². The fraction of sp³-hybridized carbons (Fsp3) is 0.750. The Bertz CT molecular complexity index is 777. The van der Waals surface area contributed by atoms with Gasteiger partial charge in [0.05, 0.1) is 18.2 Å². The van der Waals surface area contributed by atoms with Crippen LogP contribution in [0.4, 0.5) is 5.13 Å². The summed E-state index contributed by atoms with van der Waals surface area (Å²) in [5.41, 5.74) is 1.20. The number of amides is 1. The molecular formula is C20H29N3O3S. The van der Waals surface area contributed by atoms with Gasteiger partial charge in [0.2, 0.25) is 5.91 Å². The maximum atomic E-state index is 12.2. The Morgan fingerprint density at radius 1 is 1.37 bits per heavy atom. The van der Waals surface area contributed by atoms with Crippen LogP contribution in [0.25, 0.3) is 0 Å². The summed E-state index contributed by atoms with van der Waals surface area (Å²) in [6.45, 7) is 6.91. The van der Waals surface area contributed by atoms with Crippen LogP contribution >= 0.6 is 11.3 Å². The second-order valence-corrected chi connectivity index (χ2v) is 10.2. The van der Waals surface area contributed by atoms with Crippen LogP contribution < -0.4 is 5.32 Å². The Balaban J connectivity index is 1.61. The predicted molar refractivity (Wildman–Crippen MR) is 105 cm³/mol. The highest BCUT2D eigenvalue weighted by Crippen LogP contribution is 2.59. The van der Waals surface area contributed by atoms with E-state index in [0.29, 0.717) is 23.5 Å². The number of esters is 1. The Kier molecular flexibility index (Phi) is 4.58. The zero-order chi connectivity index (χ0) is 19.5. The summed E-state index contributed by atoms with van der Waals surface area (Å²) in [5.74, 6) is 0.774. The van der Waals surface area contributed by atoms with Gasteiger partial charge in [0.15, 0.2) is 5.13 Å². The van der Waals surface area contributed by atoms with Crippen LogP contribution in [0.2, 0.25) is 0 Å². The molecular weight excluding hydrogens is 362 g/mol. The van der Waals surface area contributed by atoms with Gasteiger partial charge in [-0.15, -0.1) is 11.3 Å². The molecule has 1 saturated heterocycles. The molecule has 3 aliphatic rings. The molecule has 7 heteroatoms. The zero-order valence-electron chi connectivity index (χ0n) is 16.7. The summed E-state index contributed by atoms with van der Waals surface area (Å²) >= 11 is 1.61. The molecule has 1 aromatic heterocycles. The van der Waals surface area contributed by atoms with E-state index in [4.69, 9.17) is 9.72 Å². The normalized spacial score (nSPS) is 37.4. The van der Waals surface area contributed by atoms with Gasteiger partial charge in [-0.25, -0.2) is 4.98 Å². The Morgan fingerprint density at radius 2 is 2.11 bits per heavy atom. The second-order valence-electron chi connectivity index (χ2n) is 9.15. The first kappa shape index (κ1) is 18.9. The molecule has 1 N–H and O–H groups in total. The Morgan fingerprint density at radius 3 is 2.81 bits per heavy atom. The van der Waals surface area contributed by atoms with Crippen molar-refractivity contribution in [2.75, 3.05) is 26.0 Å². The van der Waals surface area contributed by atoms with Crippen LogP contribution in [0.1, 0.15) is 50.1 Å². The SMILES string of the molecule is C[C@@H]1C(=O)O[C@H]2[C@H]1CC[C@@]1(C)Cc3sc(NC(=O)CN(C)C)nc3[C@@H](C)[C@H]21. The number of anilines is 1. The monoisotopic (exact) mass is 391 g/mol. The number of carbonyl (C=O) groups is 2. The molecule has 0 unspecified atom stereocenters. The van der Waals surface area contributed by atoms with Crippen LogP contribution in [0, 0.1) is 23.2 Å². The van der Waals surface area contributed by atoms with Gasteiger partial charge in [-0.1, -0.05) is 20.8 Å². The van der Waals surface area contributed by atoms with Crippen molar-refractivity contribution < 1.29 is 14.3 Å². The number of fused-ring (bicyclic) bond motifs is 4. The number of nitrogens with zero attached hydrogens (tertiary/aromatic N) is 2. The summed E-state index contributed by atoms with van der Waals surface area (Å²) in [6, 6.07) is 0. The third-order valence-electron chi connectivity index (χ3n) is 6.86. The van der Waals surface area contributed by atoms with Crippen molar-refractivity contribution in [3.8, 4) is 0 Å². The summed E-state index contributed by atoms with van der Waals surface area (Å²) in [7, 11) is 3.75. The topological polar surface area (TPSA) is 71.5 Å². The first-order chi connectivity index (χ1) is 12.7. The number of hydrogen-bond donors (Lipinski definition) is 1. The molecule has 1 saturated carbocycles. The van der Waals surface area contributed by atoms with Gasteiger partial charge in [0.25, 0.3) is 0 Å². The number of thiazole rings is 1. The van der Waals surface area contributed by atoms with Crippen molar-refractivity contribution in [1.29, 1.82) is 0 Å². The van der Waals surface area contributed by atoms with E-state index in [9.17, 15) is 9.59 Å². The largest absolute Gasteiger partial charge is 0.461 e. The van der Waals surface area contributed by atoms with E-state index in [1.165, 1.54) is 4.88 Å². The zero-order valence-corrected chi connectivity index (χ0v) is 17.6. The molecule has 0 bridgehead atoms. The van der Waals surface area contributed by atoms with Crippen LogP contribution in [0.15, 0.2) is 0 Å². The average Bonchev–Trinajstić information content (AvgIpc) is 3.07. The number of hydrogen-bond acceptors (Lipinski definition) is 6. The fourth-order valence-electron chi connectivity index (χ4n) is 5.58. The molecule has 6 nitrogen and oxygen atoms in total. The van der Waals surface area contributed by atoms with Crippen LogP contribution in [-0.2, 0) is 20.7 Å². The Labute approximate surface area is 164 Å². The number of likely N-dealkylation sites (N-methyl/N-ethyl adjacent to an activating group) is 1. The predicted octanol–water partition coefficient (Wildman–Crippen LogP) is 2.90. The van der Waals surface area contributed by atoms with E-state index in [-0.39, 0.29) is 35.2 Å². The first-order valence-corrected chi connectivity index (χ1v) is 10.7. The molecule has 2 heterocycles. The Hall–Kier alpha value is -1.47. The fourth-order valence-corrected chi connectivity index (χ4v) is 6.86. The number of nitrogens with one attached hydrogen (secondary N) is 1. The lowest BCUT2D eigenvalue weighted by molar-refractivity contribution is -0.149. The maximum Gasteiger partial charge on any atom is 0.309 e. The van der Waals surface area contributed by atoms with E-state index in [1.54, 1.807) is 11.3 Å². The van der Waals surface area contributed by atoms with Gasteiger partial charge >= 0.3 is 5.97 Å². The van der Waals surface area contributed by atoms with Gasteiger partial charge in [-0.3, -0.25) is 9.59 Å². The van der Waals surface area contributed by atoms with Crippen LogP contribution in [-0.4, -0.2) is 48.5 Å². The van der Waals surface area contributed by atoms with Crippen molar-refractivity contribution in [3.05, 3.63) is 10.6 Å². The number of ether oxygens (including phenoxy) is 1. The van der Waals surface area contributed by atoms with E-state index in [0.717, 1.165) is 25.0 Å². The van der Waals surface area contributed by atoms with Crippen molar-refractivity contribution in [3.63, 3.8) is 0 Å². The van der Waals surface area contributed by atoms with Gasteiger partial charge < -0.3 is 15.0 Å². The number of rotatable bonds is 3. The van der Waals surface area contributed by atoms with Crippen LogP contribution in [0.3, 0.4) is 0 Å². The highest BCUT2D eigenvalue weighted by Gasteiger charge is 2.58. The molecule has 4 rings (SSSR count). The summed E-state index contributed by atoms with van der Waals surface area (Å²) in [5, 5.41) is 3.64. The molecule has 2 fully saturated rings. The van der Waals surface area contributed by atoms with E-state index in [1.807, 2.05) is 25.9 Å². The summed E-state index contributed by atoms with van der Waals surface area (Å²) in [4.78, 5) is 32.2. The number of aromatic nitrogens is 1. The molecule has 148 valence electrons. The van der Waals surface area contributed by atoms with Gasteiger partial charge in [0.1, 0.15) is 6.10 Å². The second kappa shape index (κ2) is 6.55. The third-order valence-corrected chi connectivity index (χ3v) is 7.85. The van der Waals surface area contributed by atoms with Crippen LogP contribution in [0.5, 0.6) is 0 Å². The quantitative estimate of drug-likeness (QED) is 0.802. The van der Waals surface area contributed by atoms with Crippen molar-refractivity contribution in [2.45, 2.75) is 52.1 Å². The van der Waals surface area contributed by atoms with Crippen molar-refractivity contribution >= 4 is 28.3 Å². The molecule has 1 aromatic rings. The minimum Gasteiger partial charge on any atom is -0.461 e. The smallest absolute Gasteiger partial charge is 0.309 e. The van der Waals surface area contributed by atoms with E-state index in [2.05, 4.69) is 19.2 Å². The molecule has 0 aromatic carbocycles. The highest BCUT2D eigenvalue weighted by atomic mass is 32.1. The van der Waals surface area contributed by atoms with Gasteiger partial charge in [-0.05, 0) is 38.8 Å². The number of carbonyl (C=O) groups excluding carboxylic acids is 2. The lowest BCUT2D eigenvalue weighted by Crippen LogP contribution is -2.50. The summed E-state index contributed by atoms with van der Waals surface area (Å²) in [6.07, 6.45) is 3.12. The third kappa shape index (κ3) is 3.09. The van der Waals surface area contributed by atoms with Gasteiger partial charge in [-0.2, -0.15) is 0 Å². The standard InChI is InChI=1S/C20H29N3O3S/c1-10-12-6-7-20(3)8-13-16(11(2)15(20)17(12)26-18(10)25)22-19(27-13)21-14(24)9-23(4)5/h10-12,15,17H,6-9H2,1-5H3,(H,21,22,24)/t10-,11-,12-,15+,17-,20-/m0/s1. The molecule has 6 atom stereocenters.